The molecule has 1 aliphatic carbocycles. The van der Waals surface area contributed by atoms with E-state index in [9.17, 15) is 5.11 Å². The molecule has 0 aromatic carbocycles. The lowest BCUT2D eigenvalue weighted by atomic mass is 10.1. The van der Waals surface area contributed by atoms with Gasteiger partial charge in [0, 0.05) is 6.42 Å². The third-order valence-electron chi connectivity index (χ3n) is 3.23. The van der Waals surface area contributed by atoms with Crippen LogP contribution in [0.4, 0.5) is 0 Å². The summed E-state index contributed by atoms with van der Waals surface area (Å²) < 4.78 is 5.23. The molecule has 1 aromatic rings. The maximum absolute atomic E-state index is 9.74. The fraction of sp³-hybridized carbons (Fsp3) is 0.833. The zero-order valence-electron chi connectivity index (χ0n) is 10.0. The van der Waals surface area contributed by atoms with Crippen molar-refractivity contribution in [3.63, 3.8) is 0 Å². The smallest absolute Gasteiger partial charge is 0.232 e. The first-order chi connectivity index (χ1) is 7.66. The van der Waals surface area contributed by atoms with Gasteiger partial charge in [0.15, 0.2) is 5.82 Å². The van der Waals surface area contributed by atoms with Gasteiger partial charge in [-0.1, -0.05) is 19.0 Å². The fourth-order valence-electron chi connectivity index (χ4n) is 2.17. The first-order valence-electron chi connectivity index (χ1n) is 6.17. The minimum atomic E-state index is -0.293. The van der Waals surface area contributed by atoms with Gasteiger partial charge in [-0.25, -0.2) is 0 Å². The normalized spacial score (nSPS) is 25.5. The van der Waals surface area contributed by atoms with Crippen LogP contribution in [0.5, 0.6) is 0 Å². The molecule has 1 aliphatic rings. The Labute approximate surface area is 96.1 Å². The average Bonchev–Trinajstić information content (AvgIpc) is 2.83. The van der Waals surface area contributed by atoms with E-state index in [1.54, 1.807) is 0 Å². The van der Waals surface area contributed by atoms with Crippen LogP contribution in [-0.4, -0.2) is 21.4 Å². The quantitative estimate of drug-likeness (QED) is 0.852. The number of nitrogens with zero attached hydrogens (tertiary/aromatic N) is 2. The molecule has 0 aliphatic heterocycles. The molecule has 0 bridgehead atoms. The highest BCUT2D eigenvalue weighted by molar-refractivity contribution is 5.00. The van der Waals surface area contributed by atoms with Gasteiger partial charge < -0.3 is 9.63 Å². The van der Waals surface area contributed by atoms with Gasteiger partial charge in [-0.3, -0.25) is 0 Å². The largest absolute Gasteiger partial charge is 0.392 e. The van der Waals surface area contributed by atoms with Crippen molar-refractivity contribution in [3.05, 3.63) is 11.7 Å². The van der Waals surface area contributed by atoms with E-state index >= 15 is 0 Å². The molecule has 1 heterocycles. The molecule has 90 valence electrons. The molecule has 4 nitrogen and oxygen atoms in total. The van der Waals surface area contributed by atoms with Crippen LogP contribution >= 0.6 is 0 Å². The van der Waals surface area contributed by atoms with E-state index in [1.807, 2.05) is 0 Å². The molecule has 4 heteroatoms. The third kappa shape index (κ3) is 2.61. The molecule has 1 N–H and O–H groups in total. The van der Waals surface area contributed by atoms with Crippen LogP contribution in [0, 0.1) is 5.92 Å². The highest BCUT2D eigenvalue weighted by Gasteiger charge is 2.31. The molecule has 16 heavy (non-hydrogen) atoms. The van der Waals surface area contributed by atoms with Gasteiger partial charge in [0.25, 0.3) is 0 Å². The number of aliphatic hydroxyl groups excluding tert-OH is 1. The van der Waals surface area contributed by atoms with E-state index in [-0.39, 0.29) is 12.0 Å². The molecule has 0 saturated heterocycles. The topological polar surface area (TPSA) is 59.2 Å². The van der Waals surface area contributed by atoms with Crippen LogP contribution in [0.2, 0.25) is 0 Å². The number of aliphatic hydroxyl groups is 1. The monoisotopic (exact) mass is 224 g/mol. The van der Waals surface area contributed by atoms with Crippen molar-refractivity contribution in [2.45, 2.75) is 58.0 Å². The molecule has 2 atom stereocenters. The summed E-state index contributed by atoms with van der Waals surface area (Å²) in [7, 11) is 0. The van der Waals surface area contributed by atoms with Crippen molar-refractivity contribution in [3.8, 4) is 0 Å². The number of aryl methyl sites for hydroxylation is 1. The van der Waals surface area contributed by atoms with Crippen molar-refractivity contribution in [2.24, 2.45) is 5.92 Å². The van der Waals surface area contributed by atoms with Crippen molar-refractivity contribution in [2.75, 3.05) is 0 Å². The lowest BCUT2D eigenvalue weighted by molar-refractivity contribution is 0.148. The molecule has 0 amide bonds. The highest BCUT2D eigenvalue weighted by atomic mass is 16.5. The Morgan fingerprint density at radius 2 is 2.25 bits per heavy atom. The lowest BCUT2D eigenvalue weighted by Gasteiger charge is -2.07. The lowest BCUT2D eigenvalue weighted by Crippen LogP contribution is -2.11. The second-order valence-electron chi connectivity index (χ2n) is 5.09. The first kappa shape index (κ1) is 11.6. The van der Waals surface area contributed by atoms with Crippen LogP contribution in [0.15, 0.2) is 4.52 Å². The van der Waals surface area contributed by atoms with E-state index in [0.29, 0.717) is 11.8 Å². The van der Waals surface area contributed by atoms with E-state index in [0.717, 1.165) is 37.9 Å². The Morgan fingerprint density at radius 3 is 2.88 bits per heavy atom. The molecule has 0 spiro atoms. The van der Waals surface area contributed by atoms with Gasteiger partial charge in [-0.2, -0.15) is 4.98 Å². The standard InChI is InChI=1S/C12H20N2O2/c1-8(2)6-7-11-13-12(16-14-11)9-4-3-5-10(9)15/h8-10,15H,3-7H2,1-2H3. The molecular formula is C12H20N2O2. The van der Waals surface area contributed by atoms with Crippen LogP contribution < -0.4 is 0 Å². The molecule has 2 unspecified atom stereocenters. The Hall–Kier alpha value is -0.900. The van der Waals surface area contributed by atoms with Crippen molar-refractivity contribution >= 4 is 0 Å². The Kier molecular flexibility index (Phi) is 3.59. The minimum absolute atomic E-state index is 0.0697. The molecule has 1 saturated carbocycles. The van der Waals surface area contributed by atoms with Crippen LogP contribution in [-0.2, 0) is 6.42 Å². The van der Waals surface area contributed by atoms with Gasteiger partial charge in [0.05, 0.1) is 12.0 Å². The minimum Gasteiger partial charge on any atom is -0.392 e. The van der Waals surface area contributed by atoms with Crippen LogP contribution in [0.3, 0.4) is 0 Å². The Balaban J connectivity index is 1.96. The molecule has 1 aromatic heterocycles. The SMILES string of the molecule is CC(C)CCc1noc(C2CCCC2O)n1. The molecule has 2 rings (SSSR count). The van der Waals surface area contributed by atoms with Gasteiger partial charge in [-0.05, 0) is 31.6 Å². The van der Waals surface area contributed by atoms with Gasteiger partial charge >= 0.3 is 0 Å². The summed E-state index contributed by atoms with van der Waals surface area (Å²) in [6.45, 7) is 4.36. The predicted octanol–water partition coefficient (Wildman–Crippen LogP) is 2.29. The Bertz CT molecular complexity index is 336. The first-order valence-corrected chi connectivity index (χ1v) is 6.17. The summed E-state index contributed by atoms with van der Waals surface area (Å²) in [5, 5.41) is 13.7. The summed E-state index contributed by atoms with van der Waals surface area (Å²) in [5.41, 5.74) is 0. The van der Waals surface area contributed by atoms with Crippen molar-refractivity contribution < 1.29 is 9.63 Å². The van der Waals surface area contributed by atoms with Crippen molar-refractivity contribution in [1.29, 1.82) is 0 Å². The third-order valence-corrected chi connectivity index (χ3v) is 3.23. The van der Waals surface area contributed by atoms with Gasteiger partial charge in [-0.15, -0.1) is 0 Å². The second kappa shape index (κ2) is 4.95. The fourth-order valence-corrected chi connectivity index (χ4v) is 2.17. The zero-order chi connectivity index (χ0) is 11.5. The van der Waals surface area contributed by atoms with E-state index in [4.69, 9.17) is 4.52 Å². The number of hydrogen-bond acceptors (Lipinski definition) is 4. The van der Waals surface area contributed by atoms with E-state index < -0.39 is 0 Å². The number of rotatable bonds is 4. The summed E-state index contributed by atoms with van der Waals surface area (Å²) >= 11 is 0. The molecule has 1 fully saturated rings. The summed E-state index contributed by atoms with van der Waals surface area (Å²) in [6.07, 6.45) is 4.52. The second-order valence-corrected chi connectivity index (χ2v) is 5.09. The number of aromatic nitrogens is 2. The molecule has 0 radical (unpaired) electrons. The van der Waals surface area contributed by atoms with Gasteiger partial charge in [0.2, 0.25) is 5.89 Å². The van der Waals surface area contributed by atoms with Crippen molar-refractivity contribution in [1.82, 2.24) is 10.1 Å². The maximum atomic E-state index is 9.74. The maximum Gasteiger partial charge on any atom is 0.232 e. The Morgan fingerprint density at radius 1 is 1.44 bits per heavy atom. The summed E-state index contributed by atoms with van der Waals surface area (Å²) in [6, 6.07) is 0. The van der Waals surface area contributed by atoms with Crippen LogP contribution in [0.1, 0.15) is 57.2 Å². The average molecular weight is 224 g/mol. The summed E-state index contributed by atoms with van der Waals surface area (Å²) in [4.78, 5) is 4.38. The zero-order valence-corrected chi connectivity index (χ0v) is 10.0. The van der Waals surface area contributed by atoms with Crippen LogP contribution in [0.25, 0.3) is 0 Å². The van der Waals surface area contributed by atoms with Gasteiger partial charge in [0.1, 0.15) is 0 Å². The summed E-state index contributed by atoms with van der Waals surface area (Å²) in [5.74, 6) is 2.13. The highest BCUT2D eigenvalue weighted by Crippen LogP contribution is 2.33. The molecular weight excluding hydrogens is 204 g/mol. The predicted molar refractivity (Wildman–Crippen MR) is 60.1 cm³/mol. The van der Waals surface area contributed by atoms with E-state index in [1.165, 1.54) is 0 Å². The number of hydrogen-bond donors (Lipinski definition) is 1. The van der Waals surface area contributed by atoms with E-state index in [2.05, 4.69) is 24.0 Å².